The van der Waals surface area contributed by atoms with E-state index in [1.54, 1.807) is 18.2 Å². The Hall–Kier alpha value is -1.72. The molecule has 0 saturated heterocycles. The van der Waals surface area contributed by atoms with Crippen LogP contribution in [0.3, 0.4) is 0 Å². The van der Waals surface area contributed by atoms with Crippen molar-refractivity contribution in [1.82, 2.24) is 0 Å². The number of fused-ring (bicyclic) bond motifs is 1. The van der Waals surface area contributed by atoms with Crippen molar-refractivity contribution in [3.63, 3.8) is 0 Å². The van der Waals surface area contributed by atoms with Gasteiger partial charge in [-0.05, 0) is 29.6 Å². The highest BCUT2D eigenvalue weighted by Gasteiger charge is 2.25. The lowest BCUT2D eigenvalue weighted by Gasteiger charge is -2.16. The Morgan fingerprint density at radius 1 is 1.50 bits per heavy atom. The molecule has 0 fully saturated rings. The van der Waals surface area contributed by atoms with Crippen molar-refractivity contribution < 1.29 is 8.42 Å². The number of hydrogen-bond donors (Lipinski definition) is 0. The molecule has 0 amide bonds. The molecular weight excluding hydrogens is 228 g/mol. The van der Waals surface area contributed by atoms with E-state index in [1.807, 2.05) is 0 Å². The second-order valence-corrected chi connectivity index (χ2v) is 5.49. The average Bonchev–Trinajstić information content (AvgIpc) is 2.60. The van der Waals surface area contributed by atoms with Crippen LogP contribution in [-0.2, 0) is 16.4 Å². The van der Waals surface area contributed by atoms with Crippen LogP contribution in [0.2, 0.25) is 0 Å². The number of benzene rings is 1. The second-order valence-electron chi connectivity index (χ2n) is 3.59. The first-order valence-corrected chi connectivity index (χ1v) is 6.53. The number of azide groups is 1. The smallest absolute Gasteiger partial charge is 0.232 e. The molecule has 0 radical (unpaired) electrons. The van der Waals surface area contributed by atoms with E-state index in [4.69, 9.17) is 5.53 Å². The van der Waals surface area contributed by atoms with Crippen LogP contribution in [-0.4, -0.2) is 21.2 Å². The summed E-state index contributed by atoms with van der Waals surface area (Å²) in [6, 6.07) is 5.01. The first kappa shape index (κ1) is 10.8. The third-order valence-electron chi connectivity index (χ3n) is 2.48. The summed E-state index contributed by atoms with van der Waals surface area (Å²) in [6.07, 6.45) is 1.83. The summed E-state index contributed by atoms with van der Waals surface area (Å²) in [7, 11) is -3.21. The van der Waals surface area contributed by atoms with Gasteiger partial charge in [0, 0.05) is 17.1 Å². The monoisotopic (exact) mass is 238 g/mol. The van der Waals surface area contributed by atoms with Gasteiger partial charge in [0.2, 0.25) is 10.0 Å². The Bertz CT molecular complexity index is 575. The zero-order chi connectivity index (χ0) is 11.8. The van der Waals surface area contributed by atoms with Gasteiger partial charge in [0.15, 0.2) is 0 Å². The van der Waals surface area contributed by atoms with E-state index in [9.17, 15) is 8.42 Å². The summed E-state index contributed by atoms with van der Waals surface area (Å²) in [5.41, 5.74) is 10.4. The van der Waals surface area contributed by atoms with Gasteiger partial charge >= 0.3 is 0 Å². The summed E-state index contributed by atoms with van der Waals surface area (Å²) in [5, 5.41) is 3.48. The summed E-state index contributed by atoms with van der Waals surface area (Å²) in [5.74, 6) is 0. The largest absolute Gasteiger partial charge is 0.270 e. The predicted molar refractivity (Wildman–Crippen MR) is 61.1 cm³/mol. The molecule has 0 spiro atoms. The molecule has 6 nitrogen and oxygen atoms in total. The van der Waals surface area contributed by atoms with E-state index in [1.165, 1.54) is 10.6 Å². The van der Waals surface area contributed by atoms with Gasteiger partial charge < -0.3 is 0 Å². The van der Waals surface area contributed by atoms with Crippen molar-refractivity contribution in [2.24, 2.45) is 5.11 Å². The van der Waals surface area contributed by atoms with Crippen molar-refractivity contribution in [3.05, 3.63) is 34.2 Å². The van der Waals surface area contributed by atoms with Crippen LogP contribution in [0.15, 0.2) is 23.3 Å². The number of sulfonamides is 1. The van der Waals surface area contributed by atoms with Crippen LogP contribution in [0.25, 0.3) is 10.4 Å². The summed E-state index contributed by atoms with van der Waals surface area (Å²) < 4.78 is 24.3. The topological polar surface area (TPSA) is 86.1 Å². The minimum atomic E-state index is -3.21. The molecule has 0 atom stereocenters. The number of hydrogen-bond acceptors (Lipinski definition) is 3. The first-order chi connectivity index (χ1) is 7.52. The van der Waals surface area contributed by atoms with Gasteiger partial charge in [0.05, 0.1) is 11.9 Å². The van der Waals surface area contributed by atoms with Gasteiger partial charge in [-0.1, -0.05) is 11.2 Å². The first-order valence-electron chi connectivity index (χ1n) is 4.68. The Balaban J connectivity index is 2.47. The Kier molecular flexibility index (Phi) is 2.49. The van der Waals surface area contributed by atoms with Crippen molar-refractivity contribution in [2.45, 2.75) is 6.42 Å². The lowest BCUT2D eigenvalue weighted by molar-refractivity contribution is 0.598. The number of rotatable bonds is 2. The average molecular weight is 238 g/mol. The third-order valence-corrected chi connectivity index (χ3v) is 3.66. The van der Waals surface area contributed by atoms with E-state index < -0.39 is 10.0 Å². The molecule has 84 valence electrons. The van der Waals surface area contributed by atoms with Crippen LogP contribution < -0.4 is 4.31 Å². The second kappa shape index (κ2) is 3.70. The minimum absolute atomic E-state index is 0.452. The van der Waals surface area contributed by atoms with Gasteiger partial charge in [0.1, 0.15) is 0 Å². The van der Waals surface area contributed by atoms with Gasteiger partial charge in [-0.2, -0.15) is 0 Å². The fraction of sp³-hybridized carbons (Fsp3) is 0.333. The molecule has 0 unspecified atom stereocenters. The highest BCUT2D eigenvalue weighted by Crippen LogP contribution is 2.32. The molecule has 0 saturated carbocycles. The van der Waals surface area contributed by atoms with Crippen LogP contribution in [0, 0.1) is 0 Å². The normalized spacial score (nSPS) is 14.4. The molecule has 0 bridgehead atoms. The van der Waals surface area contributed by atoms with Crippen LogP contribution in [0.4, 0.5) is 11.4 Å². The van der Waals surface area contributed by atoms with Crippen LogP contribution in [0.1, 0.15) is 5.56 Å². The van der Waals surface area contributed by atoms with Crippen molar-refractivity contribution >= 4 is 21.4 Å². The fourth-order valence-corrected chi connectivity index (χ4v) is 2.77. The zero-order valence-electron chi connectivity index (χ0n) is 8.66. The van der Waals surface area contributed by atoms with E-state index in [0.717, 1.165) is 5.56 Å². The fourth-order valence-electron chi connectivity index (χ4n) is 1.82. The molecule has 16 heavy (non-hydrogen) atoms. The highest BCUT2D eigenvalue weighted by atomic mass is 32.2. The molecule has 1 heterocycles. The molecule has 1 aliphatic rings. The van der Waals surface area contributed by atoms with Crippen LogP contribution >= 0.6 is 0 Å². The summed E-state index contributed by atoms with van der Waals surface area (Å²) in [6.45, 7) is 0.452. The van der Waals surface area contributed by atoms with E-state index >= 15 is 0 Å². The SMILES string of the molecule is CS(=O)(=O)N1CCc2cc(N=[N+]=[N-])ccc21. The summed E-state index contributed by atoms with van der Waals surface area (Å²) in [4.78, 5) is 2.69. The molecule has 7 heteroatoms. The molecular formula is C9H10N4O2S. The maximum Gasteiger partial charge on any atom is 0.232 e. The van der Waals surface area contributed by atoms with E-state index in [0.29, 0.717) is 24.3 Å². The molecule has 2 rings (SSSR count). The van der Waals surface area contributed by atoms with Gasteiger partial charge in [-0.25, -0.2) is 8.42 Å². The summed E-state index contributed by atoms with van der Waals surface area (Å²) >= 11 is 0. The Morgan fingerprint density at radius 2 is 2.25 bits per heavy atom. The molecule has 0 N–H and O–H groups in total. The minimum Gasteiger partial charge on any atom is -0.270 e. The van der Waals surface area contributed by atoms with Crippen LogP contribution in [0.5, 0.6) is 0 Å². The number of nitrogens with zero attached hydrogens (tertiary/aromatic N) is 4. The van der Waals surface area contributed by atoms with Crippen molar-refractivity contribution in [1.29, 1.82) is 0 Å². The molecule has 0 aromatic heterocycles. The lowest BCUT2D eigenvalue weighted by atomic mass is 10.1. The molecule has 0 aliphatic carbocycles. The quantitative estimate of drug-likeness (QED) is 0.448. The third kappa shape index (κ3) is 1.82. The van der Waals surface area contributed by atoms with E-state index in [2.05, 4.69) is 10.0 Å². The van der Waals surface area contributed by atoms with E-state index in [-0.39, 0.29) is 0 Å². The predicted octanol–water partition coefficient (Wildman–Crippen LogP) is 1.95. The maximum absolute atomic E-state index is 11.5. The lowest BCUT2D eigenvalue weighted by Crippen LogP contribution is -2.27. The van der Waals surface area contributed by atoms with Crippen molar-refractivity contribution in [2.75, 3.05) is 17.1 Å². The van der Waals surface area contributed by atoms with Gasteiger partial charge in [-0.15, -0.1) is 0 Å². The molecule has 1 aromatic carbocycles. The maximum atomic E-state index is 11.5. The molecule has 1 aliphatic heterocycles. The standard InChI is InChI=1S/C9H10N4O2S/c1-16(14,15)13-5-4-7-6-8(11-12-10)2-3-9(7)13/h2-3,6H,4-5H2,1H3. The zero-order valence-corrected chi connectivity index (χ0v) is 9.48. The molecule has 1 aromatic rings. The number of anilines is 1. The van der Waals surface area contributed by atoms with Gasteiger partial charge in [0.25, 0.3) is 0 Å². The van der Waals surface area contributed by atoms with Gasteiger partial charge in [-0.3, -0.25) is 4.31 Å². The highest BCUT2D eigenvalue weighted by molar-refractivity contribution is 7.92. The Morgan fingerprint density at radius 3 is 2.88 bits per heavy atom. The van der Waals surface area contributed by atoms with Crippen molar-refractivity contribution in [3.8, 4) is 0 Å². The Labute approximate surface area is 93.2 Å².